The van der Waals surface area contributed by atoms with E-state index < -0.39 is 6.09 Å². The van der Waals surface area contributed by atoms with Crippen LogP contribution >= 0.6 is 0 Å². The average Bonchev–Trinajstić information content (AvgIpc) is 3.16. The van der Waals surface area contributed by atoms with Crippen molar-refractivity contribution in [1.29, 1.82) is 0 Å². The van der Waals surface area contributed by atoms with Crippen LogP contribution in [0.3, 0.4) is 0 Å². The third-order valence-corrected chi connectivity index (χ3v) is 3.91. The van der Waals surface area contributed by atoms with Gasteiger partial charge in [-0.05, 0) is 12.1 Å². The number of benzene rings is 2. The molecule has 0 aliphatic heterocycles. The fourth-order valence-corrected chi connectivity index (χ4v) is 2.57. The Balaban J connectivity index is 1.79. The van der Waals surface area contributed by atoms with E-state index in [4.69, 9.17) is 5.10 Å². The summed E-state index contributed by atoms with van der Waals surface area (Å²) in [6, 6.07) is 19.5. The van der Waals surface area contributed by atoms with E-state index in [0.717, 1.165) is 22.5 Å². The van der Waals surface area contributed by atoms with Crippen LogP contribution in [0.15, 0.2) is 66.9 Å². The molecule has 138 valence electrons. The number of hydrogen-bond acceptors (Lipinski definition) is 4. The maximum absolute atomic E-state index is 12.0. The third kappa shape index (κ3) is 4.72. The second kappa shape index (κ2) is 8.66. The van der Waals surface area contributed by atoms with E-state index in [0.29, 0.717) is 6.54 Å². The van der Waals surface area contributed by atoms with Gasteiger partial charge in [-0.15, -0.1) is 0 Å². The van der Waals surface area contributed by atoms with Crippen molar-refractivity contribution < 1.29 is 14.3 Å². The van der Waals surface area contributed by atoms with Crippen LogP contribution in [0.1, 0.15) is 5.56 Å². The zero-order valence-electron chi connectivity index (χ0n) is 14.9. The molecule has 27 heavy (non-hydrogen) atoms. The van der Waals surface area contributed by atoms with Gasteiger partial charge in [0.2, 0.25) is 5.91 Å². The first-order valence-electron chi connectivity index (χ1n) is 8.45. The number of carbonyl (C=O) groups excluding carboxylic acids is 2. The van der Waals surface area contributed by atoms with E-state index in [9.17, 15) is 9.59 Å². The molecule has 0 spiro atoms. The number of para-hydroxylation sites is 1. The van der Waals surface area contributed by atoms with Crippen molar-refractivity contribution in [3.05, 3.63) is 72.4 Å². The Labute approximate surface area is 157 Å². The van der Waals surface area contributed by atoms with Crippen LogP contribution in [-0.2, 0) is 16.1 Å². The number of alkyl carbamates (subject to hydrolysis) is 1. The highest BCUT2D eigenvalue weighted by Crippen LogP contribution is 2.23. The molecule has 0 saturated heterocycles. The van der Waals surface area contributed by atoms with Crippen LogP contribution in [-0.4, -0.2) is 35.4 Å². The highest BCUT2D eigenvalue weighted by atomic mass is 16.5. The SMILES string of the molecule is COC(=O)NCC(=O)NCc1cn(-c2ccccc2)nc1-c1ccccc1. The van der Waals surface area contributed by atoms with E-state index in [1.54, 1.807) is 4.68 Å². The number of ether oxygens (including phenoxy) is 1. The van der Waals surface area contributed by atoms with Gasteiger partial charge < -0.3 is 15.4 Å². The Hall–Kier alpha value is -3.61. The molecule has 0 aliphatic rings. The zero-order chi connectivity index (χ0) is 19.1. The van der Waals surface area contributed by atoms with Crippen molar-refractivity contribution in [2.45, 2.75) is 6.54 Å². The first-order chi connectivity index (χ1) is 13.2. The van der Waals surface area contributed by atoms with E-state index >= 15 is 0 Å². The Morgan fingerprint density at radius 2 is 1.67 bits per heavy atom. The van der Waals surface area contributed by atoms with Crippen LogP contribution in [0.2, 0.25) is 0 Å². The molecule has 0 saturated carbocycles. The zero-order valence-corrected chi connectivity index (χ0v) is 14.9. The highest BCUT2D eigenvalue weighted by Gasteiger charge is 2.13. The third-order valence-electron chi connectivity index (χ3n) is 3.91. The molecule has 1 heterocycles. The van der Waals surface area contributed by atoms with Crippen molar-refractivity contribution in [1.82, 2.24) is 20.4 Å². The Bertz CT molecular complexity index is 907. The predicted octanol–water partition coefficient (Wildman–Crippen LogP) is 2.51. The average molecular weight is 364 g/mol. The molecular formula is C20H20N4O3. The number of aromatic nitrogens is 2. The van der Waals surface area contributed by atoms with E-state index in [-0.39, 0.29) is 12.5 Å². The molecule has 7 nitrogen and oxygen atoms in total. The molecule has 2 N–H and O–H groups in total. The summed E-state index contributed by atoms with van der Waals surface area (Å²) in [6.07, 6.45) is 1.25. The fourth-order valence-electron chi connectivity index (χ4n) is 2.57. The Kier molecular flexibility index (Phi) is 5.84. The maximum Gasteiger partial charge on any atom is 0.407 e. The minimum Gasteiger partial charge on any atom is -0.453 e. The Morgan fingerprint density at radius 3 is 2.33 bits per heavy atom. The van der Waals surface area contributed by atoms with Crippen molar-refractivity contribution >= 4 is 12.0 Å². The molecule has 2 amide bonds. The van der Waals surface area contributed by atoms with E-state index in [1.807, 2.05) is 66.9 Å². The first-order valence-corrected chi connectivity index (χ1v) is 8.45. The van der Waals surface area contributed by atoms with Gasteiger partial charge >= 0.3 is 6.09 Å². The van der Waals surface area contributed by atoms with Crippen molar-refractivity contribution in [2.24, 2.45) is 0 Å². The van der Waals surface area contributed by atoms with Gasteiger partial charge in [-0.1, -0.05) is 48.5 Å². The number of amides is 2. The summed E-state index contributed by atoms with van der Waals surface area (Å²) in [5, 5.41) is 9.83. The topological polar surface area (TPSA) is 85.2 Å². The number of carbonyl (C=O) groups is 2. The molecule has 7 heteroatoms. The lowest BCUT2D eigenvalue weighted by Crippen LogP contribution is -2.36. The minimum absolute atomic E-state index is 0.153. The van der Waals surface area contributed by atoms with Crippen LogP contribution in [0.25, 0.3) is 16.9 Å². The smallest absolute Gasteiger partial charge is 0.407 e. The van der Waals surface area contributed by atoms with Crippen LogP contribution in [0.4, 0.5) is 4.79 Å². The van der Waals surface area contributed by atoms with Crippen LogP contribution in [0, 0.1) is 0 Å². The van der Waals surface area contributed by atoms with Gasteiger partial charge in [-0.3, -0.25) is 4.79 Å². The molecular weight excluding hydrogens is 344 g/mol. The summed E-state index contributed by atoms with van der Waals surface area (Å²) in [5.74, 6) is -0.313. The summed E-state index contributed by atoms with van der Waals surface area (Å²) < 4.78 is 6.24. The largest absolute Gasteiger partial charge is 0.453 e. The van der Waals surface area contributed by atoms with Gasteiger partial charge in [-0.2, -0.15) is 5.10 Å². The molecule has 0 unspecified atom stereocenters. The quantitative estimate of drug-likeness (QED) is 0.704. The molecule has 2 aromatic carbocycles. The van der Waals surface area contributed by atoms with Gasteiger partial charge in [0.25, 0.3) is 0 Å². The molecule has 0 radical (unpaired) electrons. The maximum atomic E-state index is 12.0. The number of nitrogens with zero attached hydrogens (tertiary/aromatic N) is 2. The van der Waals surface area contributed by atoms with Crippen molar-refractivity contribution in [2.75, 3.05) is 13.7 Å². The summed E-state index contributed by atoms with van der Waals surface area (Å²) in [7, 11) is 1.25. The lowest BCUT2D eigenvalue weighted by molar-refractivity contribution is -0.120. The fraction of sp³-hybridized carbons (Fsp3) is 0.150. The summed E-state index contributed by atoms with van der Waals surface area (Å²) in [5.41, 5.74) is 3.56. The van der Waals surface area contributed by atoms with Gasteiger partial charge in [-0.25, -0.2) is 9.48 Å². The van der Waals surface area contributed by atoms with Crippen molar-refractivity contribution in [3.63, 3.8) is 0 Å². The normalized spacial score (nSPS) is 10.3. The van der Waals surface area contributed by atoms with Gasteiger partial charge in [0.1, 0.15) is 6.54 Å². The van der Waals surface area contributed by atoms with Crippen molar-refractivity contribution in [3.8, 4) is 16.9 Å². The van der Waals surface area contributed by atoms with Crippen LogP contribution < -0.4 is 10.6 Å². The lowest BCUT2D eigenvalue weighted by atomic mass is 10.1. The summed E-state index contributed by atoms with van der Waals surface area (Å²) in [6.45, 7) is 0.138. The minimum atomic E-state index is -0.646. The number of methoxy groups -OCH3 is 1. The molecule has 0 atom stereocenters. The number of hydrogen-bond donors (Lipinski definition) is 2. The number of nitrogens with one attached hydrogen (secondary N) is 2. The number of rotatable bonds is 6. The monoisotopic (exact) mass is 364 g/mol. The molecule has 0 bridgehead atoms. The lowest BCUT2D eigenvalue weighted by Gasteiger charge is -2.06. The summed E-state index contributed by atoms with van der Waals surface area (Å²) in [4.78, 5) is 23.0. The van der Waals surface area contributed by atoms with E-state index in [1.165, 1.54) is 7.11 Å². The molecule has 3 rings (SSSR count). The van der Waals surface area contributed by atoms with Gasteiger partial charge in [0.05, 0.1) is 18.5 Å². The second-order valence-electron chi connectivity index (χ2n) is 5.77. The van der Waals surface area contributed by atoms with Crippen LogP contribution in [0.5, 0.6) is 0 Å². The molecule has 0 aliphatic carbocycles. The van der Waals surface area contributed by atoms with E-state index in [2.05, 4.69) is 15.4 Å². The first kappa shape index (κ1) is 18.2. The summed E-state index contributed by atoms with van der Waals surface area (Å²) >= 11 is 0. The predicted molar refractivity (Wildman–Crippen MR) is 101 cm³/mol. The Morgan fingerprint density at radius 1 is 1.00 bits per heavy atom. The molecule has 0 fully saturated rings. The second-order valence-corrected chi connectivity index (χ2v) is 5.77. The molecule has 3 aromatic rings. The highest BCUT2D eigenvalue weighted by molar-refractivity contribution is 5.82. The van der Waals surface area contributed by atoms with Gasteiger partial charge in [0.15, 0.2) is 0 Å². The van der Waals surface area contributed by atoms with Gasteiger partial charge in [0, 0.05) is 23.9 Å². The standard InChI is InChI=1S/C20H20N4O3/c1-27-20(26)22-13-18(25)21-12-16-14-24(17-10-6-3-7-11-17)23-19(16)15-8-4-2-5-9-15/h2-11,14H,12-13H2,1H3,(H,21,25)(H,22,26). The molecule has 1 aromatic heterocycles.